The third-order valence-corrected chi connectivity index (χ3v) is 8.45. The van der Waals surface area contributed by atoms with Gasteiger partial charge in [0.2, 0.25) is 5.91 Å². The number of ether oxygens (including phenoxy) is 2. The molecule has 154 valence electrons. The number of nitrogens with zero attached hydrogens (tertiary/aromatic N) is 1. The molecule has 4 rings (SSSR count). The topological polar surface area (TPSA) is 72.9 Å². The Labute approximate surface area is 171 Å². The maximum Gasteiger partial charge on any atom is 0.244 e. The van der Waals surface area contributed by atoms with Crippen LogP contribution in [-0.4, -0.2) is 44.4 Å². The predicted molar refractivity (Wildman–Crippen MR) is 109 cm³/mol. The van der Waals surface area contributed by atoms with Crippen molar-refractivity contribution >= 4 is 15.7 Å². The Kier molecular flexibility index (Phi) is 4.42. The lowest BCUT2D eigenvalue weighted by atomic mass is 9.80. The van der Waals surface area contributed by atoms with Gasteiger partial charge in [0.25, 0.3) is 0 Å². The van der Waals surface area contributed by atoms with Crippen LogP contribution in [0.2, 0.25) is 0 Å². The van der Waals surface area contributed by atoms with Crippen LogP contribution in [0.25, 0.3) is 0 Å². The summed E-state index contributed by atoms with van der Waals surface area (Å²) in [5.41, 5.74) is 1.70. The highest BCUT2D eigenvalue weighted by Gasteiger charge is 2.57. The number of benzene rings is 2. The molecule has 0 aliphatic carbocycles. The van der Waals surface area contributed by atoms with Gasteiger partial charge < -0.3 is 14.4 Å². The van der Waals surface area contributed by atoms with E-state index >= 15 is 0 Å². The molecule has 0 N–H and O–H groups in total. The number of carbonyl (C=O) groups excluding carboxylic acids is 1. The average Bonchev–Trinajstić information content (AvgIpc) is 2.67. The Morgan fingerprint density at radius 3 is 2.52 bits per heavy atom. The van der Waals surface area contributed by atoms with Crippen molar-refractivity contribution in [2.24, 2.45) is 0 Å². The van der Waals surface area contributed by atoms with Crippen molar-refractivity contribution in [3.05, 3.63) is 53.1 Å². The molecule has 0 aromatic heterocycles. The molecule has 6 nitrogen and oxygen atoms in total. The maximum atomic E-state index is 13.6. The molecule has 2 aliphatic rings. The highest BCUT2D eigenvalue weighted by Crippen LogP contribution is 2.50. The zero-order valence-corrected chi connectivity index (χ0v) is 18.0. The second-order valence-electron chi connectivity index (χ2n) is 8.10. The lowest BCUT2D eigenvalue weighted by Crippen LogP contribution is -2.64. The Morgan fingerprint density at radius 2 is 1.86 bits per heavy atom. The van der Waals surface area contributed by atoms with Gasteiger partial charge in [0.05, 0.1) is 12.0 Å². The molecule has 2 aliphatic heterocycles. The van der Waals surface area contributed by atoms with Crippen molar-refractivity contribution in [1.82, 2.24) is 4.90 Å². The fourth-order valence-electron chi connectivity index (χ4n) is 4.29. The Morgan fingerprint density at radius 1 is 1.14 bits per heavy atom. The first-order chi connectivity index (χ1) is 13.6. The van der Waals surface area contributed by atoms with E-state index in [2.05, 4.69) is 0 Å². The molecule has 0 radical (unpaired) electrons. The molecule has 1 amide bonds. The number of methoxy groups -OCH3 is 1. The molecule has 2 aromatic carbocycles. The Balaban J connectivity index is 1.89. The smallest absolute Gasteiger partial charge is 0.244 e. The summed E-state index contributed by atoms with van der Waals surface area (Å²) in [6.07, 6.45) is 0.406. The van der Waals surface area contributed by atoms with E-state index in [1.165, 1.54) is 4.90 Å². The summed E-state index contributed by atoms with van der Waals surface area (Å²) in [6, 6.07) is 10.4. The zero-order chi connectivity index (χ0) is 21.1. The summed E-state index contributed by atoms with van der Waals surface area (Å²) in [5, 5.41) is -1.20. The molecule has 2 heterocycles. The van der Waals surface area contributed by atoms with Crippen LogP contribution in [0.4, 0.5) is 0 Å². The van der Waals surface area contributed by atoms with Crippen molar-refractivity contribution in [1.29, 1.82) is 0 Å². The normalized spacial score (nSPS) is 26.0. The van der Waals surface area contributed by atoms with Gasteiger partial charge in [-0.2, -0.15) is 0 Å². The molecular weight excluding hydrogens is 390 g/mol. The molecular formula is C22H25NO5S. The molecule has 0 spiro atoms. The van der Waals surface area contributed by atoms with E-state index in [0.29, 0.717) is 17.9 Å². The number of fused-ring (bicyclic) bond motifs is 4. The Bertz CT molecular complexity index is 1110. The minimum absolute atomic E-state index is 0.178. The van der Waals surface area contributed by atoms with E-state index in [1.807, 2.05) is 20.8 Å². The van der Waals surface area contributed by atoms with Gasteiger partial charge in [-0.3, -0.25) is 4.79 Å². The van der Waals surface area contributed by atoms with Gasteiger partial charge in [0.15, 0.2) is 20.8 Å². The lowest BCUT2D eigenvalue weighted by Gasteiger charge is -2.51. The number of carbonyl (C=O) groups is 1. The van der Waals surface area contributed by atoms with E-state index < -0.39 is 32.6 Å². The van der Waals surface area contributed by atoms with Crippen molar-refractivity contribution < 1.29 is 22.7 Å². The largest absolute Gasteiger partial charge is 0.497 e. The van der Waals surface area contributed by atoms with Gasteiger partial charge in [-0.1, -0.05) is 12.1 Å². The fraction of sp³-hybridized carbons (Fsp3) is 0.409. The summed E-state index contributed by atoms with van der Waals surface area (Å²) in [7, 11) is -0.728. The number of sulfone groups is 1. The van der Waals surface area contributed by atoms with Gasteiger partial charge in [0.1, 0.15) is 11.5 Å². The summed E-state index contributed by atoms with van der Waals surface area (Å²) in [5.74, 6) is 0.242. The van der Waals surface area contributed by atoms with Crippen LogP contribution in [-0.2, 0) is 14.6 Å². The quantitative estimate of drug-likeness (QED) is 0.770. The van der Waals surface area contributed by atoms with Gasteiger partial charge in [0, 0.05) is 25.5 Å². The number of aryl methyl sites for hydroxylation is 2. The van der Waals surface area contributed by atoms with Crippen molar-refractivity contribution in [3.63, 3.8) is 0 Å². The number of rotatable bonds is 3. The summed E-state index contributed by atoms with van der Waals surface area (Å²) in [6.45, 7) is 5.62. The molecule has 7 heteroatoms. The van der Waals surface area contributed by atoms with Crippen LogP contribution in [0.1, 0.15) is 36.0 Å². The van der Waals surface area contributed by atoms with E-state index in [1.54, 1.807) is 50.6 Å². The number of likely N-dealkylation sites (tertiary alicyclic amines) is 1. The number of hydrogen-bond donors (Lipinski definition) is 0. The van der Waals surface area contributed by atoms with Crippen LogP contribution in [0.3, 0.4) is 0 Å². The number of hydrogen-bond acceptors (Lipinski definition) is 5. The molecule has 1 fully saturated rings. The third kappa shape index (κ3) is 2.90. The minimum atomic E-state index is -3.90. The van der Waals surface area contributed by atoms with Gasteiger partial charge in [-0.15, -0.1) is 0 Å². The number of amides is 1. The first kappa shape index (κ1) is 19.8. The first-order valence-electron chi connectivity index (χ1n) is 9.54. The van der Waals surface area contributed by atoms with Crippen LogP contribution in [0.15, 0.2) is 41.3 Å². The maximum absolute atomic E-state index is 13.6. The van der Waals surface area contributed by atoms with E-state index in [0.717, 1.165) is 16.7 Å². The van der Waals surface area contributed by atoms with Crippen LogP contribution in [0, 0.1) is 13.8 Å². The fourth-order valence-corrected chi connectivity index (χ4v) is 6.28. The van der Waals surface area contributed by atoms with Gasteiger partial charge >= 0.3 is 0 Å². The van der Waals surface area contributed by atoms with E-state index in [-0.39, 0.29) is 4.90 Å². The molecule has 2 aromatic rings. The molecule has 3 atom stereocenters. The summed E-state index contributed by atoms with van der Waals surface area (Å²) >= 11 is 0. The summed E-state index contributed by atoms with van der Waals surface area (Å²) < 4.78 is 38.7. The Hall–Kier alpha value is -2.54. The first-order valence-corrected chi connectivity index (χ1v) is 11.1. The molecule has 0 saturated carbocycles. The van der Waals surface area contributed by atoms with Gasteiger partial charge in [-0.05, 0) is 55.7 Å². The second kappa shape index (κ2) is 6.49. The monoisotopic (exact) mass is 415 g/mol. The second-order valence-corrected chi connectivity index (χ2v) is 10.2. The minimum Gasteiger partial charge on any atom is -0.497 e. The molecule has 1 saturated heterocycles. The van der Waals surface area contributed by atoms with Crippen molar-refractivity contribution in [2.75, 3.05) is 14.2 Å². The highest BCUT2D eigenvalue weighted by molar-refractivity contribution is 7.92. The van der Waals surface area contributed by atoms with Crippen molar-refractivity contribution in [2.45, 2.75) is 49.0 Å². The van der Waals surface area contributed by atoms with Crippen LogP contribution < -0.4 is 9.47 Å². The highest BCUT2D eigenvalue weighted by atomic mass is 32.2. The standard InChI is InChI=1S/C22H25NO5S/c1-13-6-8-16(10-14(13)2)29(25,26)20-18-12-22(3,23(4)21(20)24)28-19-11-15(27-5)7-9-17(18)19/h6-11,18,20H,12H2,1-5H3. The zero-order valence-electron chi connectivity index (χ0n) is 17.2. The molecule has 29 heavy (non-hydrogen) atoms. The van der Waals surface area contributed by atoms with E-state index in [4.69, 9.17) is 9.47 Å². The SMILES string of the molecule is COc1ccc2c(c1)OC1(C)CC2C(S(=O)(=O)c2ccc(C)c(C)c2)C(=O)N1C. The summed E-state index contributed by atoms with van der Waals surface area (Å²) in [4.78, 5) is 14.9. The van der Waals surface area contributed by atoms with Crippen LogP contribution in [0.5, 0.6) is 11.5 Å². The van der Waals surface area contributed by atoms with Crippen LogP contribution >= 0.6 is 0 Å². The third-order valence-electron chi connectivity index (χ3n) is 6.34. The number of piperidine rings is 1. The molecule has 2 bridgehead atoms. The molecule has 3 unspecified atom stereocenters. The average molecular weight is 416 g/mol. The van der Waals surface area contributed by atoms with Gasteiger partial charge in [-0.25, -0.2) is 8.42 Å². The van der Waals surface area contributed by atoms with Crippen molar-refractivity contribution in [3.8, 4) is 11.5 Å². The predicted octanol–water partition coefficient (Wildman–Crippen LogP) is 3.21. The lowest BCUT2D eigenvalue weighted by molar-refractivity contribution is -0.159. The van der Waals surface area contributed by atoms with E-state index in [9.17, 15) is 13.2 Å².